The molecule has 0 atom stereocenters. The van der Waals surface area contributed by atoms with Gasteiger partial charge in [0.15, 0.2) is 12.3 Å². The largest absolute Gasteiger partial charge is 0.471 e. The molecule has 3 aromatic rings. The van der Waals surface area contributed by atoms with Crippen molar-refractivity contribution in [2.45, 2.75) is 45.1 Å². The first-order valence-electron chi connectivity index (χ1n) is 11.0. The lowest BCUT2D eigenvalue weighted by Gasteiger charge is -2.27. The van der Waals surface area contributed by atoms with E-state index in [1.165, 1.54) is 28.8 Å². The minimum absolute atomic E-state index is 0.00787. The summed E-state index contributed by atoms with van der Waals surface area (Å²) in [6.07, 6.45) is 0.962. The Kier molecular flexibility index (Phi) is 7.16. The van der Waals surface area contributed by atoms with Crippen molar-refractivity contribution in [1.82, 2.24) is 19.9 Å². The fourth-order valence-electron chi connectivity index (χ4n) is 4.02. The number of anilines is 2. The standard InChI is InChI=1S/C23H25ClF3N5O2/c1-12-6-8-13(9-7-12)28-21(33)14-10-17-20(31-22(14)34-11-18(26)27)32(2)23(29-17)30-19-15(24)4-3-5-16(19)25/h3-5,10,12-13,18H,6-9,11H2,1-2H3,(H,28,33)(H,29,30)/t12-,13-. The quantitative estimate of drug-likeness (QED) is 0.455. The van der Waals surface area contributed by atoms with Gasteiger partial charge >= 0.3 is 0 Å². The summed E-state index contributed by atoms with van der Waals surface area (Å²) in [4.78, 5) is 21.7. The van der Waals surface area contributed by atoms with Crippen LogP contribution in [0.5, 0.6) is 5.88 Å². The number of hydrogen-bond acceptors (Lipinski definition) is 5. The summed E-state index contributed by atoms with van der Waals surface area (Å²) in [6.45, 7) is 1.26. The Morgan fingerprint density at radius 2 is 2.00 bits per heavy atom. The van der Waals surface area contributed by atoms with E-state index in [2.05, 4.69) is 27.5 Å². The van der Waals surface area contributed by atoms with Crippen molar-refractivity contribution in [3.05, 3.63) is 40.7 Å². The van der Waals surface area contributed by atoms with E-state index >= 15 is 0 Å². The van der Waals surface area contributed by atoms with Gasteiger partial charge in [0.1, 0.15) is 16.9 Å². The van der Waals surface area contributed by atoms with Gasteiger partial charge in [-0.2, -0.15) is 4.98 Å². The van der Waals surface area contributed by atoms with E-state index < -0.39 is 24.8 Å². The molecule has 4 rings (SSSR count). The molecule has 2 heterocycles. The number of benzene rings is 1. The minimum Gasteiger partial charge on any atom is -0.471 e. The van der Waals surface area contributed by atoms with Crippen LogP contribution in [0.15, 0.2) is 24.3 Å². The molecule has 182 valence electrons. The van der Waals surface area contributed by atoms with Gasteiger partial charge in [-0.1, -0.05) is 24.6 Å². The molecule has 1 aliphatic rings. The number of pyridine rings is 1. The summed E-state index contributed by atoms with van der Waals surface area (Å²) in [5, 5.41) is 5.95. The first kappa shape index (κ1) is 24.1. The SMILES string of the molecule is Cn1c(Nc2c(F)cccc2Cl)nc2cc(C(=O)N[C@H]3CC[C@H](C)CC3)c(OCC(F)F)nc21. The van der Waals surface area contributed by atoms with Crippen molar-refractivity contribution in [3.63, 3.8) is 0 Å². The lowest BCUT2D eigenvalue weighted by Crippen LogP contribution is -2.37. The molecule has 0 unspecified atom stereocenters. The van der Waals surface area contributed by atoms with E-state index in [1.807, 2.05) is 0 Å². The fraction of sp³-hybridized carbons (Fsp3) is 0.435. The number of nitrogens with zero attached hydrogens (tertiary/aromatic N) is 3. The number of amides is 1. The molecule has 2 N–H and O–H groups in total. The molecular weight excluding hydrogens is 471 g/mol. The predicted molar refractivity (Wildman–Crippen MR) is 124 cm³/mol. The van der Waals surface area contributed by atoms with Crippen molar-refractivity contribution < 1.29 is 22.7 Å². The van der Waals surface area contributed by atoms with Crippen molar-refractivity contribution in [2.24, 2.45) is 13.0 Å². The molecule has 1 aliphatic carbocycles. The molecular formula is C23H25ClF3N5O2. The minimum atomic E-state index is -2.74. The number of rotatable bonds is 7. The van der Waals surface area contributed by atoms with Crippen molar-refractivity contribution in [1.29, 1.82) is 0 Å². The monoisotopic (exact) mass is 495 g/mol. The molecule has 1 amide bonds. The highest BCUT2D eigenvalue weighted by molar-refractivity contribution is 6.33. The van der Waals surface area contributed by atoms with E-state index in [9.17, 15) is 18.0 Å². The van der Waals surface area contributed by atoms with Gasteiger partial charge in [0, 0.05) is 13.1 Å². The molecule has 0 saturated heterocycles. The highest BCUT2D eigenvalue weighted by Crippen LogP contribution is 2.31. The average molecular weight is 496 g/mol. The molecule has 0 spiro atoms. The Hall–Kier alpha value is -3.01. The molecule has 0 bridgehead atoms. The fourth-order valence-corrected chi connectivity index (χ4v) is 4.23. The maximum absolute atomic E-state index is 14.2. The van der Waals surface area contributed by atoms with E-state index in [0.717, 1.165) is 25.7 Å². The normalized spacial score (nSPS) is 18.3. The Labute approximate surface area is 199 Å². The highest BCUT2D eigenvalue weighted by Gasteiger charge is 2.25. The van der Waals surface area contributed by atoms with Crippen LogP contribution < -0.4 is 15.4 Å². The average Bonchev–Trinajstić information content (AvgIpc) is 3.10. The Bertz CT molecular complexity index is 1170. The van der Waals surface area contributed by atoms with Crippen LogP contribution in [0.25, 0.3) is 11.2 Å². The number of alkyl halides is 2. The number of aryl methyl sites for hydroxylation is 1. The van der Waals surface area contributed by atoms with E-state index in [0.29, 0.717) is 11.4 Å². The number of hydrogen-bond donors (Lipinski definition) is 2. The van der Waals surface area contributed by atoms with Crippen LogP contribution in [-0.4, -0.2) is 39.5 Å². The predicted octanol–water partition coefficient (Wildman–Crippen LogP) is 5.46. The lowest BCUT2D eigenvalue weighted by atomic mass is 9.87. The van der Waals surface area contributed by atoms with Gasteiger partial charge in [0.2, 0.25) is 11.8 Å². The molecule has 1 saturated carbocycles. The number of ether oxygens (including phenoxy) is 1. The zero-order chi connectivity index (χ0) is 24.4. The third-order valence-corrected chi connectivity index (χ3v) is 6.27. The molecule has 2 aromatic heterocycles. The van der Waals surface area contributed by atoms with Gasteiger partial charge in [0.05, 0.1) is 10.7 Å². The second-order valence-electron chi connectivity index (χ2n) is 8.53. The van der Waals surface area contributed by atoms with Gasteiger partial charge in [0.25, 0.3) is 12.3 Å². The van der Waals surface area contributed by atoms with Gasteiger partial charge in [-0.05, 0) is 49.8 Å². The molecule has 0 aliphatic heterocycles. The van der Waals surface area contributed by atoms with Crippen LogP contribution in [0.2, 0.25) is 5.02 Å². The summed E-state index contributed by atoms with van der Waals surface area (Å²) >= 11 is 6.10. The summed E-state index contributed by atoms with van der Waals surface area (Å²) in [5.41, 5.74) is 0.619. The van der Waals surface area contributed by atoms with Gasteiger partial charge in [-0.25, -0.2) is 18.2 Å². The number of carbonyl (C=O) groups excluding carboxylic acids is 1. The zero-order valence-electron chi connectivity index (χ0n) is 18.7. The topological polar surface area (TPSA) is 81.1 Å². The van der Waals surface area contributed by atoms with Crippen LogP contribution in [-0.2, 0) is 7.05 Å². The molecule has 0 radical (unpaired) electrons. The van der Waals surface area contributed by atoms with Crippen LogP contribution in [0.1, 0.15) is 43.0 Å². The van der Waals surface area contributed by atoms with Crippen molar-refractivity contribution in [3.8, 4) is 5.88 Å². The molecule has 7 nitrogen and oxygen atoms in total. The van der Waals surface area contributed by atoms with Gasteiger partial charge < -0.3 is 15.4 Å². The lowest BCUT2D eigenvalue weighted by molar-refractivity contribution is 0.0770. The van der Waals surface area contributed by atoms with Crippen LogP contribution in [0.4, 0.5) is 24.8 Å². The highest BCUT2D eigenvalue weighted by atomic mass is 35.5. The molecule has 34 heavy (non-hydrogen) atoms. The summed E-state index contributed by atoms with van der Waals surface area (Å²) in [6, 6.07) is 5.69. The number of imidazole rings is 1. The first-order chi connectivity index (χ1) is 16.2. The molecule has 1 aromatic carbocycles. The van der Waals surface area contributed by atoms with Gasteiger partial charge in [-0.3, -0.25) is 9.36 Å². The summed E-state index contributed by atoms with van der Waals surface area (Å²) in [7, 11) is 1.61. The maximum atomic E-state index is 14.2. The number of halogens is 4. The Balaban J connectivity index is 1.68. The molecule has 11 heteroatoms. The molecule has 1 fully saturated rings. The second-order valence-corrected chi connectivity index (χ2v) is 8.94. The summed E-state index contributed by atoms with van der Waals surface area (Å²) < 4.78 is 46.6. The van der Waals surface area contributed by atoms with E-state index in [4.69, 9.17) is 16.3 Å². The van der Waals surface area contributed by atoms with E-state index in [1.54, 1.807) is 7.05 Å². The summed E-state index contributed by atoms with van der Waals surface area (Å²) in [5.74, 6) is -0.439. The zero-order valence-corrected chi connectivity index (χ0v) is 19.5. The number of para-hydroxylation sites is 1. The van der Waals surface area contributed by atoms with Crippen molar-refractivity contribution >= 4 is 40.3 Å². The van der Waals surface area contributed by atoms with Gasteiger partial charge in [-0.15, -0.1) is 0 Å². The smallest absolute Gasteiger partial charge is 0.272 e. The maximum Gasteiger partial charge on any atom is 0.272 e. The number of nitrogens with one attached hydrogen (secondary N) is 2. The van der Waals surface area contributed by atoms with Crippen LogP contribution in [0, 0.1) is 11.7 Å². The number of aromatic nitrogens is 3. The third kappa shape index (κ3) is 5.22. The van der Waals surface area contributed by atoms with Crippen LogP contribution >= 0.6 is 11.6 Å². The number of fused-ring (bicyclic) bond motifs is 1. The second kappa shape index (κ2) is 10.1. The van der Waals surface area contributed by atoms with Crippen LogP contribution in [0.3, 0.4) is 0 Å². The first-order valence-corrected chi connectivity index (χ1v) is 11.4. The Morgan fingerprint density at radius 3 is 2.68 bits per heavy atom. The van der Waals surface area contributed by atoms with E-state index in [-0.39, 0.29) is 39.8 Å². The van der Waals surface area contributed by atoms with Crippen molar-refractivity contribution in [2.75, 3.05) is 11.9 Å². The third-order valence-electron chi connectivity index (χ3n) is 5.95. The Morgan fingerprint density at radius 1 is 1.26 bits per heavy atom. The number of carbonyl (C=O) groups is 1.